The Balaban J connectivity index is 1.50. The first-order valence-corrected chi connectivity index (χ1v) is 9.21. The van der Waals surface area contributed by atoms with Crippen molar-refractivity contribution in [3.63, 3.8) is 0 Å². The molecule has 0 aliphatic rings. The van der Waals surface area contributed by atoms with E-state index in [0.29, 0.717) is 22.3 Å². The van der Waals surface area contributed by atoms with Gasteiger partial charge in [-0.15, -0.1) is 0 Å². The van der Waals surface area contributed by atoms with Gasteiger partial charge in [-0.05, 0) is 55.0 Å². The molecule has 0 bridgehead atoms. The SMILES string of the molecule is Cc1cc(OCC(=O)Nc2ccccc2-c2nc3ccccc3[nH]2)ccc1Cl. The van der Waals surface area contributed by atoms with Gasteiger partial charge in [0, 0.05) is 10.6 Å². The molecule has 1 aromatic heterocycles. The van der Waals surface area contributed by atoms with Crippen LogP contribution in [0.5, 0.6) is 5.75 Å². The lowest BCUT2D eigenvalue weighted by atomic mass is 10.1. The van der Waals surface area contributed by atoms with Gasteiger partial charge in [-0.25, -0.2) is 4.98 Å². The highest BCUT2D eigenvalue weighted by atomic mass is 35.5. The first-order valence-electron chi connectivity index (χ1n) is 8.83. The molecule has 2 N–H and O–H groups in total. The maximum Gasteiger partial charge on any atom is 0.262 e. The van der Waals surface area contributed by atoms with Gasteiger partial charge >= 0.3 is 0 Å². The van der Waals surface area contributed by atoms with Gasteiger partial charge < -0.3 is 15.0 Å². The van der Waals surface area contributed by atoms with Gasteiger partial charge in [0.1, 0.15) is 11.6 Å². The molecule has 3 aromatic carbocycles. The summed E-state index contributed by atoms with van der Waals surface area (Å²) in [6.45, 7) is 1.79. The molecule has 0 spiro atoms. The van der Waals surface area contributed by atoms with Crippen LogP contribution in [0, 0.1) is 6.92 Å². The molecular weight excluding hydrogens is 374 g/mol. The number of para-hydroxylation sites is 3. The smallest absolute Gasteiger partial charge is 0.262 e. The number of hydrogen-bond donors (Lipinski definition) is 2. The number of carbonyl (C=O) groups excluding carboxylic acids is 1. The van der Waals surface area contributed by atoms with Crippen LogP contribution in [0.15, 0.2) is 66.7 Å². The Kier molecular flexibility index (Phi) is 5.00. The molecule has 0 unspecified atom stereocenters. The number of nitrogens with one attached hydrogen (secondary N) is 2. The summed E-state index contributed by atoms with van der Waals surface area (Å²) >= 11 is 6.01. The van der Waals surface area contributed by atoms with Crippen molar-refractivity contribution in [1.29, 1.82) is 0 Å². The van der Waals surface area contributed by atoms with Crippen molar-refractivity contribution in [2.45, 2.75) is 6.92 Å². The van der Waals surface area contributed by atoms with E-state index in [1.54, 1.807) is 18.2 Å². The van der Waals surface area contributed by atoms with Gasteiger partial charge in [-0.2, -0.15) is 0 Å². The van der Waals surface area contributed by atoms with Crippen molar-refractivity contribution >= 4 is 34.2 Å². The van der Waals surface area contributed by atoms with Crippen LogP contribution in [0.4, 0.5) is 5.69 Å². The number of aromatic nitrogens is 2. The Morgan fingerprint density at radius 1 is 1.11 bits per heavy atom. The number of rotatable bonds is 5. The van der Waals surface area contributed by atoms with Gasteiger partial charge in [0.25, 0.3) is 5.91 Å². The van der Waals surface area contributed by atoms with E-state index in [9.17, 15) is 4.79 Å². The number of aryl methyl sites for hydroxylation is 1. The number of aromatic amines is 1. The van der Waals surface area contributed by atoms with E-state index in [2.05, 4.69) is 15.3 Å². The minimum Gasteiger partial charge on any atom is -0.484 e. The molecule has 0 radical (unpaired) electrons. The summed E-state index contributed by atoms with van der Waals surface area (Å²) in [4.78, 5) is 20.3. The fraction of sp³-hybridized carbons (Fsp3) is 0.0909. The van der Waals surface area contributed by atoms with Crippen LogP contribution < -0.4 is 10.1 Å². The Morgan fingerprint density at radius 2 is 1.89 bits per heavy atom. The summed E-state index contributed by atoms with van der Waals surface area (Å²) in [5, 5.41) is 3.56. The molecule has 0 saturated carbocycles. The van der Waals surface area contributed by atoms with Crippen LogP contribution in [0.2, 0.25) is 5.02 Å². The Hall–Kier alpha value is -3.31. The van der Waals surface area contributed by atoms with Crippen molar-refractivity contribution < 1.29 is 9.53 Å². The topological polar surface area (TPSA) is 67.0 Å². The molecule has 4 rings (SSSR count). The second-order valence-corrected chi connectivity index (χ2v) is 6.80. The van der Waals surface area contributed by atoms with Crippen molar-refractivity contribution in [3.05, 3.63) is 77.3 Å². The van der Waals surface area contributed by atoms with Crippen LogP contribution in [0.3, 0.4) is 0 Å². The highest BCUT2D eigenvalue weighted by Gasteiger charge is 2.12. The molecular formula is C22H18ClN3O2. The average Bonchev–Trinajstić information content (AvgIpc) is 3.13. The van der Waals surface area contributed by atoms with Gasteiger partial charge in [-0.1, -0.05) is 35.9 Å². The third-order valence-corrected chi connectivity index (χ3v) is 4.77. The fourth-order valence-corrected chi connectivity index (χ4v) is 3.04. The zero-order valence-corrected chi connectivity index (χ0v) is 16.0. The number of benzene rings is 3. The quantitative estimate of drug-likeness (QED) is 0.490. The fourth-order valence-electron chi connectivity index (χ4n) is 2.92. The van der Waals surface area contributed by atoms with E-state index in [4.69, 9.17) is 16.3 Å². The largest absolute Gasteiger partial charge is 0.484 e. The van der Waals surface area contributed by atoms with E-state index in [-0.39, 0.29) is 12.5 Å². The van der Waals surface area contributed by atoms with E-state index < -0.39 is 0 Å². The Labute approximate surface area is 167 Å². The van der Waals surface area contributed by atoms with E-state index in [1.165, 1.54) is 0 Å². The molecule has 0 aliphatic heterocycles. The van der Waals surface area contributed by atoms with Crippen molar-refractivity contribution in [2.24, 2.45) is 0 Å². The standard InChI is InChI=1S/C22H18ClN3O2/c1-14-12-15(10-11-17(14)23)28-13-21(27)24-18-7-3-2-6-16(18)22-25-19-8-4-5-9-20(19)26-22/h2-12H,13H2,1H3,(H,24,27)(H,25,26). The number of carbonyl (C=O) groups is 1. The van der Waals surface area contributed by atoms with Crippen molar-refractivity contribution in [3.8, 4) is 17.1 Å². The molecule has 4 aromatic rings. The molecule has 140 valence electrons. The molecule has 1 heterocycles. The van der Waals surface area contributed by atoms with Gasteiger partial charge in [-0.3, -0.25) is 4.79 Å². The second kappa shape index (κ2) is 7.74. The zero-order chi connectivity index (χ0) is 19.5. The summed E-state index contributed by atoms with van der Waals surface area (Å²) in [6, 6.07) is 20.6. The maximum absolute atomic E-state index is 12.4. The predicted molar refractivity (Wildman–Crippen MR) is 112 cm³/mol. The number of nitrogens with zero attached hydrogens (tertiary/aromatic N) is 1. The van der Waals surface area contributed by atoms with Crippen LogP contribution >= 0.6 is 11.6 Å². The van der Waals surface area contributed by atoms with E-state index in [1.807, 2.05) is 55.5 Å². The highest BCUT2D eigenvalue weighted by Crippen LogP contribution is 2.27. The molecule has 0 atom stereocenters. The molecule has 28 heavy (non-hydrogen) atoms. The predicted octanol–water partition coefficient (Wildman–Crippen LogP) is 5.21. The van der Waals surface area contributed by atoms with Crippen LogP contribution in [0.25, 0.3) is 22.4 Å². The summed E-state index contributed by atoms with van der Waals surface area (Å²) in [6.07, 6.45) is 0. The van der Waals surface area contributed by atoms with E-state index in [0.717, 1.165) is 22.2 Å². The number of anilines is 1. The molecule has 0 saturated heterocycles. The van der Waals surface area contributed by atoms with E-state index >= 15 is 0 Å². The third-order valence-electron chi connectivity index (χ3n) is 4.34. The number of ether oxygens (including phenoxy) is 1. The van der Waals surface area contributed by atoms with Crippen molar-refractivity contribution in [1.82, 2.24) is 9.97 Å². The minimum atomic E-state index is -0.254. The summed E-state index contributed by atoms with van der Waals surface area (Å²) < 4.78 is 5.58. The number of amides is 1. The maximum atomic E-state index is 12.4. The lowest BCUT2D eigenvalue weighted by Gasteiger charge is -2.11. The average molecular weight is 392 g/mol. The first-order chi connectivity index (χ1) is 13.6. The second-order valence-electron chi connectivity index (χ2n) is 6.40. The lowest BCUT2D eigenvalue weighted by Crippen LogP contribution is -2.20. The normalized spacial score (nSPS) is 10.8. The summed E-state index contributed by atoms with van der Waals surface area (Å²) in [7, 11) is 0. The molecule has 1 amide bonds. The van der Waals surface area contributed by atoms with Gasteiger partial charge in [0.15, 0.2) is 6.61 Å². The first kappa shape index (κ1) is 18.1. The minimum absolute atomic E-state index is 0.102. The van der Waals surface area contributed by atoms with Gasteiger partial charge in [0.05, 0.1) is 16.7 Å². The summed E-state index contributed by atoms with van der Waals surface area (Å²) in [5.74, 6) is 1.05. The molecule has 5 nitrogen and oxygen atoms in total. The number of fused-ring (bicyclic) bond motifs is 1. The molecule has 6 heteroatoms. The lowest BCUT2D eigenvalue weighted by molar-refractivity contribution is -0.118. The Morgan fingerprint density at radius 3 is 2.71 bits per heavy atom. The highest BCUT2D eigenvalue weighted by molar-refractivity contribution is 6.31. The molecule has 0 aliphatic carbocycles. The zero-order valence-electron chi connectivity index (χ0n) is 15.2. The number of H-pyrrole nitrogens is 1. The number of hydrogen-bond acceptors (Lipinski definition) is 3. The van der Waals surface area contributed by atoms with Crippen LogP contribution in [-0.2, 0) is 4.79 Å². The third kappa shape index (κ3) is 3.85. The van der Waals surface area contributed by atoms with Crippen LogP contribution in [-0.4, -0.2) is 22.5 Å². The number of halogens is 1. The summed E-state index contributed by atoms with van der Waals surface area (Å²) in [5.41, 5.74) is 4.20. The van der Waals surface area contributed by atoms with Gasteiger partial charge in [0.2, 0.25) is 0 Å². The number of imidazole rings is 1. The van der Waals surface area contributed by atoms with Crippen LogP contribution in [0.1, 0.15) is 5.56 Å². The van der Waals surface area contributed by atoms with Crippen molar-refractivity contribution in [2.75, 3.05) is 11.9 Å². The Bertz CT molecular complexity index is 1120. The molecule has 0 fully saturated rings. The monoisotopic (exact) mass is 391 g/mol.